The van der Waals surface area contributed by atoms with Crippen molar-refractivity contribution >= 4 is 41.0 Å². The Morgan fingerprint density at radius 2 is 1.93 bits per heavy atom. The summed E-state index contributed by atoms with van der Waals surface area (Å²) in [5.74, 6) is -0.381. The van der Waals surface area contributed by atoms with E-state index in [0.717, 1.165) is 10.6 Å². The van der Waals surface area contributed by atoms with Crippen LogP contribution >= 0.6 is 11.6 Å². The fourth-order valence-electron chi connectivity index (χ4n) is 2.96. The third kappa shape index (κ3) is 4.31. The van der Waals surface area contributed by atoms with Crippen LogP contribution in [0, 0.1) is 0 Å². The van der Waals surface area contributed by atoms with Gasteiger partial charge in [0.1, 0.15) is 0 Å². The van der Waals surface area contributed by atoms with Crippen molar-refractivity contribution in [3.63, 3.8) is 0 Å². The number of hydrazone groups is 1. The molecule has 0 bridgehead atoms. The van der Waals surface area contributed by atoms with E-state index in [1.54, 1.807) is 38.3 Å². The van der Waals surface area contributed by atoms with Crippen LogP contribution in [0.5, 0.6) is 11.5 Å². The number of carboxylic acid groups (broad SMARTS) is 1. The van der Waals surface area contributed by atoms with E-state index in [9.17, 15) is 14.7 Å². The van der Waals surface area contributed by atoms with Gasteiger partial charge in [0.25, 0.3) is 5.91 Å². The lowest BCUT2D eigenvalue weighted by atomic mass is 10.1. The largest absolute Gasteiger partial charge is 0.493 e. The van der Waals surface area contributed by atoms with Gasteiger partial charge >= 0.3 is 5.97 Å². The molecular weight excluding hydrogens is 408 g/mol. The summed E-state index contributed by atoms with van der Waals surface area (Å²) in [7, 11) is 1.55. The van der Waals surface area contributed by atoms with Gasteiger partial charge in [-0.15, -0.1) is 0 Å². The molecule has 30 heavy (non-hydrogen) atoms. The summed E-state index contributed by atoms with van der Waals surface area (Å²) in [4.78, 5) is 24.3. The molecule has 0 saturated carbocycles. The number of halogens is 1. The number of methoxy groups -OCH3 is 1. The smallest absolute Gasteiger partial charge is 0.337 e. The Balaban J connectivity index is 1.93. The SMILES string of the molecule is COc1cc(/C=C2\C(=O)N(c3ccc(Cl)c(C(=O)O)c3)N=C2C)ccc1OC(C)C. The van der Waals surface area contributed by atoms with Crippen molar-refractivity contribution in [3.8, 4) is 11.5 Å². The highest BCUT2D eigenvalue weighted by Gasteiger charge is 2.29. The van der Waals surface area contributed by atoms with Crippen LogP contribution in [0.2, 0.25) is 5.02 Å². The first-order valence-electron chi connectivity index (χ1n) is 9.20. The van der Waals surface area contributed by atoms with Crippen LogP contribution in [0.25, 0.3) is 6.08 Å². The number of ether oxygens (including phenoxy) is 2. The third-order valence-electron chi connectivity index (χ3n) is 4.35. The summed E-state index contributed by atoms with van der Waals surface area (Å²) in [6, 6.07) is 9.68. The first kappa shape index (κ1) is 21.4. The van der Waals surface area contributed by atoms with Gasteiger partial charge in [-0.2, -0.15) is 10.1 Å². The van der Waals surface area contributed by atoms with Crippen LogP contribution < -0.4 is 14.5 Å². The first-order valence-corrected chi connectivity index (χ1v) is 9.58. The van der Waals surface area contributed by atoms with E-state index < -0.39 is 5.97 Å². The molecule has 0 aliphatic carbocycles. The number of carbonyl (C=O) groups is 2. The summed E-state index contributed by atoms with van der Waals surface area (Å²) >= 11 is 5.92. The number of amides is 1. The molecule has 0 fully saturated rings. The molecule has 0 radical (unpaired) electrons. The molecule has 2 aromatic rings. The van der Waals surface area contributed by atoms with Gasteiger partial charge in [0.15, 0.2) is 11.5 Å². The minimum Gasteiger partial charge on any atom is -0.493 e. The van der Waals surface area contributed by atoms with Crippen molar-refractivity contribution in [1.29, 1.82) is 0 Å². The third-order valence-corrected chi connectivity index (χ3v) is 4.68. The number of aromatic carboxylic acids is 1. The Morgan fingerprint density at radius 1 is 1.20 bits per heavy atom. The summed E-state index contributed by atoms with van der Waals surface area (Å²) in [5.41, 5.74) is 1.86. The van der Waals surface area contributed by atoms with Gasteiger partial charge in [-0.1, -0.05) is 17.7 Å². The van der Waals surface area contributed by atoms with Crippen molar-refractivity contribution in [1.82, 2.24) is 0 Å². The van der Waals surface area contributed by atoms with E-state index in [-0.39, 0.29) is 22.6 Å². The summed E-state index contributed by atoms with van der Waals surface area (Å²) in [6.07, 6.45) is 1.70. The molecule has 7 nitrogen and oxygen atoms in total. The fourth-order valence-corrected chi connectivity index (χ4v) is 3.16. The van der Waals surface area contributed by atoms with Crippen LogP contribution in [-0.2, 0) is 4.79 Å². The van der Waals surface area contributed by atoms with Gasteiger partial charge in [-0.25, -0.2) is 4.79 Å². The number of carboxylic acids is 1. The second-order valence-corrected chi connectivity index (χ2v) is 7.31. The van der Waals surface area contributed by atoms with Crippen molar-refractivity contribution in [3.05, 3.63) is 58.1 Å². The topological polar surface area (TPSA) is 88.4 Å². The lowest BCUT2D eigenvalue weighted by Crippen LogP contribution is -2.21. The molecular formula is C22H21ClN2O5. The maximum atomic E-state index is 13.0. The van der Waals surface area contributed by atoms with Crippen LogP contribution in [0.1, 0.15) is 36.7 Å². The molecule has 1 aliphatic heterocycles. The zero-order valence-electron chi connectivity index (χ0n) is 17.0. The van der Waals surface area contributed by atoms with Crippen LogP contribution in [0.15, 0.2) is 47.1 Å². The number of rotatable bonds is 6. The molecule has 1 aliphatic rings. The quantitative estimate of drug-likeness (QED) is 0.677. The number of carbonyl (C=O) groups excluding carboxylic acids is 1. The average molecular weight is 429 g/mol. The molecule has 0 atom stereocenters. The Morgan fingerprint density at radius 3 is 2.57 bits per heavy atom. The highest BCUT2D eigenvalue weighted by atomic mass is 35.5. The van der Waals surface area contributed by atoms with E-state index >= 15 is 0 Å². The number of hydrogen-bond acceptors (Lipinski definition) is 5. The number of anilines is 1. The molecule has 8 heteroatoms. The highest BCUT2D eigenvalue weighted by molar-refractivity contribution is 6.34. The summed E-state index contributed by atoms with van der Waals surface area (Å²) in [6.45, 7) is 5.56. The van der Waals surface area contributed by atoms with Crippen molar-refractivity contribution in [2.24, 2.45) is 5.10 Å². The highest BCUT2D eigenvalue weighted by Crippen LogP contribution is 2.32. The van der Waals surface area contributed by atoms with Gasteiger partial charge in [0.2, 0.25) is 0 Å². The predicted molar refractivity (Wildman–Crippen MR) is 116 cm³/mol. The van der Waals surface area contributed by atoms with Crippen LogP contribution in [-0.4, -0.2) is 35.9 Å². The normalized spacial score (nSPS) is 15.0. The Hall–Kier alpha value is -3.32. The summed E-state index contributed by atoms with van der Waals surface area (Å²) in [5, 5.41) is 14.8. The molecule has 156 valence electrons. The average Bonchev–Trinajstić information content (AvgIpc) is 2.97. The minimum absolute atomic E-state index is 0.00230. The lowest BCUT2D eigenvalue weighted by Gasteiger charge is -2.14. The number of nitrogens with zero attached hydrogens (tertiary/aromatic N) is 2. The standard InChI is InChI=1S/C22H21ClN2O5/c1-12(2)30-19-8-5-14(10-20(19)29-4)9-16-13(3)24-25(21(16)26)15-6-7-18(23)17(11-15)22(27)28/h5-12H,1-4H3,(H,27,28)/b16-9-. The maximum Gasteiger partial charge on any atom is 0.337 e. The second-order valence-electron chi connectivity index (χ2n) is 6.91. The molecule has 1 N–H and O–H groups in total. The Labute approximate surface area is 179 Å². The van der Waals surface area contributed by atoms with Crippen LogP contribution in [0.4, 0.5) is 5.69 Å². The van der Waals surface area contributed by atoms with Crippen LogP contribution in [0.3, 0.4) is 0 Å². The van der Waals surface area contributed by atoms with E-state index in [1.807, 2.05) is 19.9 Å². The molecule has 0 spiro atoms. The van der Waals surface area contributed by atoms with Crippen molar-refractivity contribution < 1.29 is 24.2 Å². The minimum atomic E-state index is -1.18. The van der Waals surface area contributed by atoms with E-state index in [1.165, 1.54) is 12.1 Å². The summed E-state index contributed by atoms with van der Waals surface area (Å²) < 4.78 is 11.1. The molecule has 1 heterocycles. The van der Waals surface area contributed by atoms with Crippen molar-refractivity contribution in [2.45, 2.75) is 26.9 Å². The number of benzene rings is 2. The first-order chi connectivity index (χ1) is 14.2. The van der Waals surface area contributed by atoms with Crippen molar-refractivity contribution in [2.75, 3.05) is 12.1 Å². The van der Waals surface area contributed by atoms with Gasteiger partial charge < -0.3 is 14.6 Å². The molecule has 2 aromatic carbocycles. The molecule has 3 rings (SSSR count). The monoisotopic (exact) mass is 428 g/mol. The number of hydrogen-bond donors (Lipinski definition) is 1. The Kier molecular flexibility index (Phi) is 6.12. The van der Waals surface area contributed by atoms with E-state index in [4.69, 9.17) is 21.1 Å². The lowest BCUT2D eigenvalue weighted by molar-refractivity contribution is -0.114. The van der Waals surface area contributed by atoms with Gasteiger partial charge in [-0.05, 0) is 62.7 Å². The predicted octanol–water partition coefficient (Wildman–Crippen LogP) is 4.64. The maximum absolute atomic E-state index is 13.0. The molecule has 0 saturated heterocycles. The van der Waals surface area contributed by atoms with E-state index in [2.05, 4.69) is 5.10 Å². The zero-order valence-corrected chi connectivity index (χ0v) is 17.7. The van der Waals surface area contributed by atoms with Gasteiger partial charge in [0, 0.05) is 0 Å². The zero-order chi connectivity index (χ0) is 22.0. The van der Waals surface area contributed by atoms with Gasteiger partial charge in [-0.3, -0.25) is 4.79 Å². The second kappa shape index (κ2) is 8.59. The van der Waals surface area contributed by atoms with Gasteiger partial charge in [0.05, 0.1) is 40.8 Å². The van der Waals surface area contributed by atoms with E-state index in [0.29, 0.717) is 28.5 Å². The Bertz CT molecular complexity index is 1080. The fraction of sp³-hybridized carbons (Fsp3) is 0.227. The molecule has 0 aromatic heterocycles. The molecule has 0 unspecified atom stereocenters. The molecule has 1 amide bonds.